The van der Waals surface area contributed by atoms with Crippen molar-refractivity contribution in [1.29, 1.82) is 0 Å². The highest BCUT2D eigenvalue weighted by Gasteiger charge is 2.51. The van der Waals surface area contributed by atoms with Gasteiger partial charge in [0.05, 0.1) is 22.1 Å². The molecule has 2 nitrogen and oxygen atoms in total. The van der Waals surface area contributed by atoms with E-state index in [1.807, 2.05) is 0 Å². The summed E-state index contributed by atoms with van der Waals surface area (Å²) in [5, 5.41) is 2.58. The zero-order valence-electron chi connectivity index (χ0n) is 33.5. The first-order valence-electron chi connectivity index (χ1n) is 21.1. The number of hydrogen-bond acceptors (Lipinski definition) is 1. The lowest BCUT2D eigenvalue weighted by molar-refractivity contribution is 0.660. The van der Waals surface area contributed by atoms with Crippen molar-refractivity contribution >= 4 is 38.9 Å². The third-order valence-corrected chi connectivity index (χ3v) is 14.0. The van der Waals surface area contributed by atoms with E-state index in [1.165, 1.54) is 94.3 Å². The van der Waals surface area contributed by atoms with Crippen molar-refractivity contribution in [2.75, 3.05) is 4.90 Å². The molecule has 282 valence electrons. The van der Waals surface area contributed by atoms with Gasteiger partial charge in [0.1, 0.15) is 0 Å². The van der Waals surface area contributed by atoms with Crippen molar-refractivity contribution in [3.63, 3.8) is 0 Å². The topological polar surface area (TPSA) is 8.17 Å². The molecule has 3 aliphatic rings. The van der Waals surface area contributed by atoms with Crippen LogP contribution in [-0.2, 0) is 10.8 Å². The molecule has 1 atom stereocenters. The molecular weight excluding hydrogens is 725 g/mol. The summed E-state index contributed by atoms with van der Waals surface area (Å²) in [5.41, 5.74) is 22.2. The highest BCUT2D eigenvalue weighted by molar-refractivity contribution is 6.13. The van der Waals surface area contributed by atoms with E-state index in [4.69, 9.17) is 0 Å². The minimum atomic E-state index is -0.535. The maximum absolute atomic E-state index is 2.52. The van der Waals surface area contributed by atoms with Crippen LogP contribution in [0.4, 0.5) is 17.1 Å². The number of aromatic nitrogens is 1. The first kappa shape index (κ1) is 33.5. The molecule has 0 amide bonds. The van der Waals surface area contributed by atoms with Gasteiger partial charge in [-0.2, -0.15) is 0 Å². The van der Waals surface area contributed by atoms with Crippen LogP contribution in [0.5, 0.6) is 0 Å². The smallest absolute Gasteiger partial charge is 0.0755 e. The van der Waals surface area contributed by atoms with Crippen molar-refractivity contribution in [2.45, 2.75) is 24.7 Å². The Labute approximate surface area is 350 Å². The Hall–Kier alpha value is -7.42. The Kier molecular flexibility index (Phi) is 6.74. The number of para-hydroxylation sites is 3. The largest absolute Gasteiger partial charge is 0.310 e. The van der Waals surface area contributed by atoms with E-state index in [2.05, 4.69) is 230 Å². The second-order valence-corrected chi connectivity index (χ2v) is 17.2. The molecule has 13 rings (SSSR count). The fourth-order valence-corrected chi connectivity index (χ4v) is 11.4. The maximum Gasteiger partial charge on any atom is 0.0755 e. The van der Waals surface area contributed by atoms with Gasteiger partial charge in [-0.3, -0.25) is 0 Å². The number of hydrogen-bond donors (Lipinski definition) is 0. The molecule has 1 spiro atoms. The molecule has 9 aromatic carbocycles. The van der Waals surface area contributed by atoms with E-state index in [-0.39, 0.29) is 5.41 Å². The number of benzene rings is 9. The van der Waals surface area contributed by atoms with Crippen LogP contribution in [-0.4, -0.2) is 4.57 Å². The van der Waals surface area contributed by atoms with E-state index in [0.717, 1.165) is 17.1 Å². The molecule has 0 unspecified atom stereocenters. The van der Waals surface area contributed by atoms with Gasteiger partial charge >= 0.3 is 0 Å². The standard InChI is InChI=1S/C58H40N2/c1-57(2)48-21-9-6-17-42(48)44-33-31-40(35-52(44)57)59(39-29-27-38(28-30-39)37-15-4-3-5-16-37)41-32-34-45-43-18-7-10-22-49(43)58(53(45)36-41)50-23-11-13-26-55(50)60-54-25-12-8-19-46(54)47-20-14-24-51(58)56(47)60/h3-36H,1-2H3/t58-/m1/s1. The average Bonchev–Trinajstić information content (AvgIpc) is 3.88. The van der Waals surface area contributed by atoms with Gasteiger partial charge in [0, 0.05) is 33.2 Å². The summed E-state index contributed by atoms with van der Waals surface area (Å²) in [6.45, 7) is 4.74. The van der Waals surface area contributed by atoms with Crippen LogP contribution < -0.4 is 4.90 Å². The lowest BCUT2D eigenvalue weighted by atomic mass is 9.65. The molecule has 0 radical (unpaired) electrons. The van der Waals surface area contributed by atoms with E-state index in [9.17, 15) is 0 Å². The lowest BCUT2D eigenvalue weighted by Crippen LogP contribution is -2.33. The van der Waals surface area contributed by atoms with Crippen LogP contribution in [0.3, 0.4) is 0 Å². The highest BCUT2D eigenvalue weighted by Crippen LogP contribution is 2.62. The number of nitrogens with zero attached hydrogens (tertiary/aromatic N) is 2. The average molecular weight is 765 g/mol. The molecule has 2 heteroatoms. The van der Waals surface area contributed by atoms with Crippen LogP contribution in [0.25, 0.3) is 60.9 Å². The van der Waals surface area contributed by atoms with Gasteiger partial charge < -0.3 is 9.47 Å². The summed E-state index contributed by atoms with van der Waals surface area (Å²) in [4.78, 5) is 2.48. The molecule has 2 aliphatic carbocycles. The van der Waals surface area contributed by atoms with Gasteiger partial charge in [-0.1, -0.05) is 172 Å². The van der Waals surface area contributed by atoms with E-state index in [0.29, 0.717) is 0 Å². The van der Waals surface area contributed by atoms with E-state index < -0.39 is 5.41 Å². The molecule has 1 aliphatic heterocycles. The van der Waals surface area contributed by atoms with Crippen molar-refractivity contribution in [3.8, 4) is 39.1 Å². The van der Waals surface area contributed by atoms with E-state index >= 15 is 0 Å². The normalized spacial score (nSPS) is 16.0. The highest BCUT2D eigenvalue weighted by atomic mass is 15.1. The zero-order chi connectivity index (χ0) is 39.7. The molecule has 60 heavy (non-hydrogen) atoms. The Balaban J connectivity index is 1.09. The van der Waals surface area contributed by atoms with E-state index in [1.54, 1.807) is 0 Å². The summed E-state index contributed by atoms with van der Waals surface area (Å²) < 4.78 is 2.52. The summed E-state index contributed by atoms with van der Waals surface area (Å²) in [5.74, 6) is 0. The number of rotatable bonds is 4. The zero-order valence-corrected chi connectivity index (χ0v) is 33.5. The third kappa shape index (κ3) is 4.27. The summed E-state index contributed by atoms with van der Waals surface area (Å²) in [7, 11) is 0. The van der Waals surface area contributed by atoms with Gasteiger partial charge in [0.25, 0.3) is 0 Å². The van der Waals surface area contributed by atoms with Crippen LogP contribution in [0.2, 0.25) is 0 Å². The molecule has 0 saturated carbocycles. The molecule has 2 heterocycles. The second-order valence-electron chi connectivity index (χ2n) is 17.2. The second kappa shape index (κ2) is 12.1. The van der Waals surface area contributed by atoms with Crippen LogP contribution in [0.15, 0.2) is 206 Å². The predicted octanol–water partition coefficient (Wildman–Crippen LogP) is 14.9. The van der Waals surface area contributed by atoms with Gasteiger partial charge in [0.15, 0.2) is 0 Å². The Morgan fingerprint density at radius 1 is 0.367 bits per heavy atom. The SMILES string of the molecule is CC1(C)c2ccccc2-c2ccc(N(c3ccc(-c4ccccc4)cc3)c3ccc4c(c3)[C@]3(c5ccccc5-4)c4ccccc4-n4c5ccccc5c5cccc3c54)cc21. The lowest BCUT2D eigenvalue weighted by Gasteiger charge is -2.40. The molecular formula is C58H40N2. The molecule has 0 bridgehead atoms. The molecule has 1 aromatic heterocycles. The minimum absolute atomic E-state index is 0.128. The minimum Gasteiger partial charge on any atom is -0.310 e. The number of anilines is 3. The summed E-state index contributed by atoms with van der Waals surface area (Å²) in [6, 6.07) is 77.3. The van der Waals surface area contributed by atoms with Crippen molar-refractivity contribution in [2.24, 2.45) is 0 Å². The van der Waals surface area contributed by atoms with Crippen LogP contribution in [0, 0.1) is 0 Å². The van der Waals surface area contributed by atoms with Crippen molar-refractivity contribution in [1.82, 2.24) is 4.57 Å². The van der Waals surface area contributed by atoms with Crippen molar-refractivity contribution < 1.29 is 0 Å². The fourth-order valence-electron chi connectivity index (χ4n) is 11.4. The van der Waals surface area contributed by atoms with Gasteiger partial charge in [-0.25, -0.2) is 0 Å². The maximum atomic E-state index is 2.52. The molecule has 10 aromatic rings. The molecule has 0 saturated heterocycles. The predicted molar refractivity (Wildman–Crippen MR) is 249 cm³/mol. The number of fused-ring (bicyclic) bond motifs is 15. The quantitative estimate of drug-likeness (QED) is 0.173. The van der Waals surface area contributed by atoms with Crippen LogP contribution >= 0.6 is 0 Å². The first-order chi connectivity index (χ1) is 29.5. The fraction of sp³-hybridized carbons (Fsp3) is 0.0690. The first-order valence-corrected chi connectivity index (χ1v) is 21.1. The van der Waals surface area contributed by atoms with Crippen LogP contribution in [0.1, 0.15) is 47.2 Å². The Morgan fingerprint density at radius 3 is 1.68 bits per heavy atom. The monoisotopic (exact) mass is 764 g/mol. The summed E-state index contributed by atoms with van der Waals surface area (Å²) in [6.07, 6.45) is 0. The Bertz CT molecular complexity index is 3400. The van der Waals surface area contributed by atoms with Gasteiger partial charge in [0.2, 0.25) is 0 Å². The van der Waals surface area contributed by atoms with Crippen molar-refractivity contribution in [3.05, 3.63) is 240 Å². The van der Waals surface area contributed by atoms with Gasteiger partial charge in [-0.05, 0) is 115 Å². The third-order valence-electron chi connectivity index (χ3n) is 14.0. The summed E-state index contributed by atoms with van der Waals surface area (Å²) >= 11 is 0. The van der Waals surface area contributed by atoms with Gasteiger partial charge in [-0.15, -0.1) is 0 Å². The molecule has 0 fully saturated rings. The Morgan fingerprint density at radius 2 is 0.900 bits per heavy atom. The molecule has 0 N–H and O–H groups in total.